The number of alkyl halides is 3. The predicted octanol–water partition coefficient (Wildman–Crippen LogP) is 7.55. The van der Waals surface area contributed by atoms with Crippen molar-refractivity contribution in [2.45, 2.75) is 66.3 Å². The van der Waals surface area contributed by atoms with Gasteiger partial charge in [-0.15, -0.1) is 13.2 Å². The molecule has 0 unspecified atom stereocenters. The average Bonchev–Trinajstić information content (AvgIpc) is 3.15. The molecule has 1 N–H and O–H groups in total. The average molecular weight is 517 g/mol. The Morgan fingerprint density at radius 1 is 1.14 bits per heavy atom. The summed E-state index contributed by atoms with van der Waals surface area (Å²) in [6, 6.07) is 11.4. The van der Waals surface area contributed by atoms with Crippen molar-refractivity contribution >= 4 is 28.6 Å². The number of hydrogen-bond donors (Lipinski definition) is 1. The maximum Gasteiger partial charge on any atom is 0.573 e. The first-order chi connectivity index (χ1) is 17.4. The zero-order chi connectivity index (χ0) is 27.0. The number of imidazole rings is 1. The van der Waals surface area contributed by atoms with E-state index in [1.807, 2.05) is 26.0 Å². The summed E-state index contributed by atoms with van der Waals surface area (Å²) in [6.45, 7) is 12.0. The van der Waals surface area contributed by atoms with E-state index in [9.17, 15) is 18.0 Å². The number of amides is 1. The highest BCUT2D eigenvalue weighted by molar-refractivity contribution is 5.98. The Morgan fingerprint density at radius 2 is 1.81 bits per heavy atom. The van der Waals surface area contributed by atoms with Crippen LogP contribution < -0.4 is 10.1 Å². The molecule has 1 aromatic heterocycles. The summed E-state index contributed by atoms with van der Waals surface area (Å²) in [7, 11) is 0. The highest BCUT2D eigenvalue weighted by atomic mass is 19.4. The first-order valence-corrected chi connectivity index (χ1v) is 12.8. The van der Waals surface area contributed by atoms with Crippen LogP contribution in [-0.2, 0) is 0 Å². The third-order valence-corrected chi connectivity index (χ3v) is 7.06. The van der Waals surface area contributed by atoms with Crippen LogP contribution in [0.5, 0.6) is 5.75 Å². The number of aromatic nitrogens is 2. The summed E-state index contributed by atoms with van der Waals surface area (Å²) in [4.78, 5) is 19.7. The van der Waals surface area contributed by atoms with Gasteiger partial charge >= 0.3 is 6.36 Å². The van der Waals surface area contributed by atoms with E-state index in [-0.39, 0.29) is 23.1 Å². The second kappa shape index (κ2) is 10.3. The molecule has 1 saturated carbocycles. The Bertz CT molecular complexity index is 1250. The molecule has 1 aliphatic rings. The van der Waals surface area contributed by atoms with Gasteiger partial charge in [0.2, 0.25) is 5.95 Å². The van der Waals surface area contributed by atoms with Crippen molar-refractivity contribution in [3.63, 3.8) is 0 Å². The molecular weight excluding hydrogens is 481 g/mol. The molecule has 4 rings (SSSR count). The number of carbonyl (C=O) groups excluding carboxylic acids is 1. The van der Waals surface area contributed by atoms with Crippen molar-refractivity contribution in [1.29, 1.82) is 0 Å². The molecule has 1 amide bonds. The van der Waals surface area contributed by atoms with Crippen molar-refractivity contribution in [3.8, 4) is 5.75 Å². The fourth-order valence-corrected chi connectivity index (χ4v) is 5.74. The third-order valence-electron chi connectivity index (χ3n) is 7.06. The van der Waals surface area contributed by atoms with Crippen molar-refractivity contribution in [1.82, 2.24) is 14.5 Å². The molecule has 1 heterocycles. The number of halogens is 3. The Hall–Kier alpha value is -3.23. The first kappa shape index (κ1) is 26.8. The quantitative estimate of drug-likeness (QED) is 0.352. The van der Waals surface area contributed by atoms with Gasteiger partial charge in [0, 0.05) is 30.4 Å². The number of anilines is 2. The lowest BCUT2D eigenvalue weighted by Gasteiger charge is -2.40. The zero-order valence-corrected chi connectivity index (χ0v) is 22.0. The molecule has 0 saturated heterocycles. The first-order valence-electron chi connectivity index (χ1n) is 12.8. The lowest BCUT2D eigenvalue weighted by Crippen LogP contribution is -2.31. The highest BCUT2D eigenvalue weighted by Gasteiger charge is 2.35. The molecular formula is C28H35F3N4O2. The fraction of sp³-hybridized carbons (Fsp3) is 0.500. The molecule has 0 radical (unpaired) electrons. The van der Waals surface area contributed by atoms with Gasteiger partial charge in [0.1, 0.15) is 5.75 Å². The van der Waals surface area contributed by atoms with Crippen LogP contribution in [0.15, 0.2) is 42.5 Å². The van der Waals surface area contributed by atoms with Crippen molar-refractivity contribution in [3.05, 3.63) is 48.0 Å². The number of hydrogen-bond acceptors (Lipinski definition) is 4. The molecule has 9 heteroatoms. The maximum atomic E-state index is 13.1. The van der Waals surface area contributed by atoms with Gasteiger partial charge in [0.05, 0.1) is 11.0 Å². The lowest BCUT2D eigenvalue weighted by atomic mass is 9.70. The van der Waals surface area contributed by atoms with E-state index in [0.717, 1.165) is 30.3 Å². The minimum atomic E-state index is -4.74. The van der Waals surface area contributed by atoms with Gasteiger partial charge in [-0.05, 0) is 86.9 Å². The number of rotatable bonds is 7. The lowest BCUT2D eigenvalue weighted by molar-refractivity contribution is -0.274. The highest BCUT2D eigenvalue weighted by Crippen LogP contribution is 2.46. The standard InChI is InChI=1S/C28H35F3N4O2/c1-6-34(7-2)25(36)19-8-13-23-24(15-19)35(21-14-18(3)16-27(4,5)17-21)26(33-23)32-20-9-11-22(12-10-20)37-28(29,30)31/h8-13,15,18,21H,6-7,14,16-17H2,1-5H3,(H,32,33)/t18-,21+/m1/s1. The summed E-state index contributed by atoms with van der Waals surface area (Å²) < 4.78 is 43.9. The number of fused-ring (bicyclic) bond motifs is 1. The second-order valence-electron chi connectivity index (χ2n) is 10.8. The molecule has 2 aromatic carbocycles. The van der Waals surface area contributed by atoms with Crippen molar-refractivity contribution in [2.24, 2.45) is 11.3 Å². The molecule has 1 aliphatic carbocycles. The fourth-order valence-electron chi connectivity index (χ4n) is 5.74. The van der Waals surface area contributed by atoms with Gasteiger partial charge in [-0.3, -0.25) is 4.79 Å². The van der Waals surface area contributed by atoms with E-state index >= 15 is 0 Å². The third kappa shape index (κ3) is 6.19. The van der Waals surface area contributed by atoms with Gasteiger partial charge in [-0.2, -0.15) is 0 Å². The minimum absolute atomic E-state index is 0.0215. The molecule has 0 aliphatic heterocycles. The van der Waals surface area contributed by atoms with Gasteiger partial charge in [0.15, 0.2) is 0 Å². The number of benzene rings is 2. The van der Waals surface area contributed by atoms with E-state index in [1.54, 1.807) is 11.0 Å². The monoisotopic (exact) mass is 516 g/mol. The van der Waals surface area contributed by atoms with Crippen LogP contribution >= 0.6 is 0 Å². The van der Waals surface area contributed by atoms with Crippen LogP contribution in [0, 0.1) is 11.3 Å². The summed E-state index contributed by atoms with van der Waals surface area (Å²) in [6.07, 6.45) is -1.70. The smallest absolute Gasteiger partial charge is 0.406 e. The van der Waals surface area contributed by atoms with Gasteiger partial charge in [-0.25, -0.2) is 4.98 Å². The number of nitrogens with zero attached hydrogens (tertiary/aromatic N) is 3. The number of carbonyl (C=O) groups is 1. The van der Waals surface area contributed by atoms with Crippen LogP contribution in [0.25, 0.3) is 11.0 Å². The Labute approximate surface area is 215 Å². The molecule has 3 aromatic rings. The van der Waals surface area contributed by atoms with Gasteiger partial charge < -0.3 is 19.5 Å². The van der Waals surface area contributed by atoms with E-state index in [1.165, 1.54) is 24.3 Å². The molecule has 0 spiro atoms. The largest absolute Gasteiger partial charge is 0.573 e. The van der Waals surface area contributed by atoms with Crippen LogP contribution in [0.4, 0.5) is 24.8 Å². The molecule has 1 fully saturated rings. The summed E-state index contributed by atoms with van der Waals surface area (Å²) in [5.74, 6) is 0.806. The molecule has 6 nitrogen and oxygen atoms in total. The molecule has 37 heavy (non-hydrogen) atoms. The molecule has 0 bridgehead atoms. The summed E-state index contributed by atoms with van der Waals surface area (Å²) in [5.41, 5.74) is 2.97. The van der Waals surface area contributed by atoms with E-state index in [2.05, 4.69) is 35.4 Å². The van der Waals surface area contributed by atoms with E-state index < -0.39 is 6.36 Å². The summed E-state index contributed by atoms with van der Waals surface area (Å²) >= 11 is 0. The SMILES string of the molecule is CCN(CC)C(=O)c1ccc2nc(Nc3ccc(OC(F)(F)F)cc3)n([C@H]3C[C@@H](C)CC(C)(C)C3)c2c1. The minimum Gasteiger partial charge on any atom is -0.406 e. The zero-order valence-electron chi connectivity index (χ0n) is 22.0. The van der Waals surface area contributed by atoms with Crippen LogP contribution in [0.3, 0.4) is 0 Å². The summed E-state index contributed by atoms with van der Waals surface area (Å²) in [5, 5.41) is 3.30. The number of nitrogens with one attached hydrogen (secondary N) is 1. The maximum absolute atomic E-state index is 13.1. The van der Waals surface area contributed by atoms with Crippen LogP contribution in [0.2, 0.25) is 0 Å². The van der Waals surface area contributed by atoms with E-state index in [0.29, 0.717) is 36.2 Å². The van der Waals surface area contributed by atoms with Crippen molar-refractivity contribution < 1.29 is 22.7 Å². The van der Waals surface area contributed by atoms with Gasteiger partial charge in [0.25, 0.3) is 5.91 Å². The Kier molecular flexibility index (Phi) is 7.44. The predicted molar refractivity (Wildman–Crippen MR) is 139 cm³/mol. The normalized spacial score (nSPS) is 19.6. The molecule has 200 valence electrons. The number of ether oxygens (including phenoxy) is 1. The molecule has 2 atom stereocenters. The van der Waals surface area contributed by atoms with Crippen LogP contribution in [-0.4, -0.2) is 39.8 Å². The Morgan fingerprint density at radius 3 is 2.41 bits per heavy atom. The van der Waals surface area contributed by atoms with Gasteiger partial charge in [-0.1, -0.05) is 20.8 Å². The van der Waals surface area contributed by atoms with Crippen LogP contribution in [0.1, 0.15) is 70.3 Å². The Balaban J connectivity index is 1.76. The topological polar surface area (TPSA) is 59.4 Å². The van der Waals surface area contributed by atoms with E-state index in [4.69, 9.17) is 4.98 Å². The second-order valence-corrected chi connectivity index (χ2v) is 10.8. The van der Waals surface area contributed by atoms with Crippen molar-refractivity contribution in [2.75, 3.05) is 18.4 Å².